The number of nitrogens with one attached hydrogen (secondary N) is 2. The van der Waals surface area contributed by atoms with Gasteiger partial charge in [-0.3, -0.25) is 10.1 Å². The minimum absolute atomic E-state index is 0.121. The van der Waals surface area contributed by atoms with Crippen molar-refractivity contribution >= 4 is 41.1 Å². The number of amides is 3. The SMILES string of the molecule is C[C@@H](OC(=O)c1cc(F)c(Cl)cc1Cl)C(=O)NC(=O)NC(C)(C)C. The highest BCUT2D eigenvalue weighted by molar-refractivity contribution is 6.36. The molecule has 1 aromatic rings. The molecule has 0 aromatic heterocycles. The number of urea groups is 1. The Morgan fingerprint density at radius 3 is 2.29 bits per heavy atom. The Bertz CT molecular complexity index is 674. The number of carbonyl (C=O) groups is 3. The van der Waals surface area contributed by atoms with Gasteiger partial charge in [0.1, 0.15) is 5.82 Å². The lowest BCUT2D eigenvalue weighted by atomic mass is 10.1. The summed E-state index contributed by atoms with van der Waals surface area (Å²) in [5, 5.41) is 4.18. The molecule has 0 unspecified atom stereocenters. The van der Waals surface area contributed by atoms with Crippen molar-refractivity contribution in [2.75, 3.05) is 0 Å². The molecule has 132 valence electrons. The number of esters is 1. The summed E-state index contributed by atoms with van der Waals surface area (Å²) in [4.78, 5) is 35.4. The summed E-state index contributed by atoms with van der Waals surface area (Å²) < 4.78 is 18.3. The van der Waals surface area contributed by atoms with Crippen molar-refractivity contribution in [2.45, 2.75) is 39.3 Å². The third-order valence-corrected chi connectivity index (χ3v) is 3.21. The fraction of sp³-hybridized carbons (Fsp3) is 0.400. The summed E-state index contributed by atoms with van der Waals surface area (Å²) in [6.07, 6.45) is -1.29. The minimum Gasteiger partial charge on any atom is -0.449 e. The van der Waals surface area contributed by atoms with Crippen LogP contribution in [0.3, 0.4) is 0 Å². The zero-order chi connectivity index (χ0) is 18.7. The van der Waals surface area contributed by atoms with Crippen LogP contribution in [0.4, 0.5) is 9.18 Å². The van der Waals surface area contributed by atoms with Crippen molar-refractivity contribution in [1.29, 1.82) is 0 Å². The Labute approximate surface area is 148 Å². The molecule has 0 radical (unpaired) electrons. The van der Waals surface area contributed by atoms with Gasteiger partial charge in [-0.25, -0.2) is 14.0 Å². The molecule has 24 heavy (non-hydrogen) atoms. The normalized spacial score (nSPS) is 12.3. The fourth-order valence-electron chi connectivity index (χ4n) is 1.54. The van der Waals surface area contributed by atoms with E-state index < -0.39 is 35.4 Å². The van der Waals surface area contributed by atoms with Crippen LogP contribution in [0, 0.1) is 5.82 Å². The lowest BCUT2D eigenvalue weighted by Gasteiger charge is -2.21. The van der Waals surface area contributed by atoms with Gasteiger partial charge in [-0.05, 0) is 39.8 Å². The van der Waals surface area contributed by atoms with Crippen LogP contribution in [-0.2, 0) is 9.53 Å². The van der Waals surface area contributed by atoms with Crippen molar-refractivity contribution in [3.8, 4) is 0 Å². The smallest absolute Gasteiger partial charge is 0.340 e. The van der Waals surface area contributed by atoms with E-state index in [-0.39, 0.29) is 15.6 Å². The van der Waals surface area contributed by atoms with Gasteiger partial charge in [0.2, 0.25) is 0 Å². The molecule has 1 rings (SSSR count). The second-order valence-electron chi connectivity index (χ2n) is 5.99. The number of hydrogen-bond donors (Lipinski definition) is 2. The first kappa shape index (κ1) is 20.2. The molecule has 0 bridgehead atoms. The first-order valence-corrected chi connectivity index (χ1v) is 7.65. The van der Waals surface area contributed by atoms with E-state index in [9.17, 15) is 18.8 Å². The predicted octanol–water partition coefficient (Wildman–Crippen LogP) is 3.30. The van der Waals surface area contributed by atoms with Gasteiger partial charge in [-0.1, -0.05) is 23.2 Å². The van der Waals surface area contributed by atoms with Crippen LogP contribution in [0.2, 0.25) is 10.0 Å². The summed E-state index contributed by atoms with van der Waals surface area (Å²) in [6, 6.07) is 1.13. The molecule has 0 aliphatic carbocycles. The van der Waals surface area contributed by atoms with E-state index in [2.05, 4.69) is 5.32 Å². The minimum atomic E-state index is -1.29. The molecule has 6 nitrogen and oxygen atoms in total. The molecule has 3 amide bonds. The molecule has 0 aliphatic heterocycles. The van der Waals surface area contributed by atoms with Gasteiger partial charge in [0.05, 0.1) is 15.6 Å². The average molecular weight is 379 g/mol. The third-order valence-electron chi connectivity index (χ3n) is 2.61. The molecular weight excluding hydrogens is 362 g/mol. The maximum atomic E-state index is 13.4. The number of halogens is 3. The first-order chi connectivity index (χ1) is 10.9. The van der Waals surface area contributed by atoms with E-state index in [0.717, 1.165) is 12.1 Å². The molecule has 0 fully saturated rings. The summed E-state index contributed by atoms with van der Waals surface area (Å²) in [6.45, 7) is 6.46. The van der Waals surface area contributed by atoms with Crippen molar-refractivity contribution < 1.29 is 23.5 Å². The van der Waals surface area contributed by atoms with Crippen molar-refractivity contribution in [2.24, 2.45) is 0 Å². The number of rotatable bonds is 3. The monoisotopic (exact) mass is 378 g/mol. The Morgan fingerprint density at radius 1 is 1.17 bits per heavy atom. The molecule has 2 N–H and O–H groups in total. The van der Waals surface area contributed by atoms with Crippen LogP contribution < -0.4 is 10.6 Å². The average Bonchev–Trinajstić information content (AvgIpc) is 2.40. The predicted molar refractivity (Wildman–Crippen MR) is 87.7 cm³/mol. The Balaban J connectivity index is 2.72. The van der Waals surface area contributed by atoms with Crippen LogP contribution in [-0.4, -0.2) is 29.6 Å². The standard InChI is InChI=1S/C15H17Cl2FN2O4/c1-7(12(21)19-14(23)20-15(2,3)4)24-13(22)8-5-11(18)10(17)6-9(8)16/h5-7H,1-4H3,(H2,19,20,21,23)/t7-/m1/s1. The van der Waals surface area contributed by atoms with Crippen molar-refractivity contribution in [3.63, 3.8) is 0 Å². The van der Waals surface area contributed by atoms with Crippen LogP contribution >= 0.6 is 23.2 Å². The zero-order valence-electron chi connectivity index (χ0n) is 13.5. The van der Waals surface area contributed by atoms with E-state index in [4.69, 9.17) is 27.9 Å². The van der Waals surface area contributed by atoms with Crippen molar-refractivity contribution in [1.82, 2.24) is 10.6 Å². The lowest BCUT2D eigenvalue weighted by molar-refractivity contribution is -0.127. The van der Waals surface area contributed by atoms with E-state index in [1.165, 1.54) is 6.92 Å². The summed E-state index contributed by atoms with van der Waals surface area (Å²) in [7, 11) is 0. The van der Waals surface area contributed by atoms with Gasteiger partial charge < -0.3 is 10.1 Å². The van der Waals surface area contributed by atoms with E-state index in [1.54, 1.807) is 20.8 Å². The van der Waals surface area contributed by atoms with Gasteiger partial charge in [-0.15, -0.1) is 0 Å². The van der Waals surface area contributed by atoms with Gasteiger partial charge in [-0.2, -0.15) is 0 Å². The van der Waals surface area contributed by atoms with Gasteiger partial charge >= 0.3 is 12.0 Å². The van der Waals surface area contributed by atoms with Gasteiger partial charge in [0, 0.05) is 5.54 Å². The maximum Gasteiger partial charge on any atom is 0.340 e. The number of imide groups is 1. The van der Waals surface area contributed by atoms with E-state index >= 15 is 0 Å². The Morgan fingerprint density at radius 2 is 1.75 bits per heavy atom. The molecule has 0 aliphatic rings. The highest BCUT2D eigenvalue weighted by Gasteiger charge is 2.24. The largest absolute Gasteiger partial charge is 0.449 e. The molecular formula is C15H17Cl2FN2O4. The number of hydrogen-bond acceptors (Lipinski definition) is 4. The van der Waals surface area contributed by atoms with Crippen LogP contribution in [0.15, 0.2) is 12.1 Å². The van der Waals surface area contributed by atoms with Crippen LogP contribution in [0.1, 0.15) is 38.1 Å². The molecule has 0 heterocycles. The van der Waals surface area contributed by atoms with Crippen LogP contribution in [0.25, 0.3) is 0 Å². The van der Waals surface area contributed by atoms with Gasteiger partial charge in [0.15, 0.2) is 6.10 Å². The Hall–Kier alpha value is -1.86. The number of benzene rings is 1. The second-order valence-corrected chi connectivity index (χ2v) is 6.80. The highest BCUT2D eigenvalue weighted by atomic mass is 35.5. The van der Waals surface area contributed by atoms with E-state index in [0.29, 0.717) is 0 Å². The number of carbonyl (C=O) groups excluding carboxylic acids is 3. The zero-order valence-corrected chi connectivity index (χ0v) is 15.0. The lowest BCUT2D eigenvalue weighted by Crippen LogP contribution is -2.50. The molecule has 0 spiro atoms. The molecule has 0 saturated carbocycles. The summed E-state index contributed by atoms with van der Waals surface area (Å²) in [5.41, 5.74) is -0.823. The molecule has 9 heteroatoms. The third kappa shape index (κ3) is 5.98. The van der Waals surface area contributed by atoms with E-state index in [1.807, 2.05) is 5.32 Å². The quantitative estimate of drug-likeness (QED) is 0.624. The molecule has 1 aromatic carbocycles. The molecule has 0 saturated heterocycles. The number of ether oxygens (including phenoxy) is 1. The second kappa shape index (κ2) is 7.81. The fourth-order valence-corrected chi connectivity index (χ4v) is 2.00. The summed E-state index contributed by atoms with van der Waals surface area (Å²) in [5.74, 6) is -2.71. The maximum absolute atomic E-state index is 13.4. The highest BCUT2D eigenvalue weighted by Crippen LogP contribution is 2.25. The van der Waals surface area contributed by atoms with Crippen molar-refractivity contribution in [3.05, 3.63) is 33.6 Å². The summed E-state index contributed by atoms with van der Waals surface area (Å²) >= 11 is 11.3. The topological polar surface area (TPSA) is 84.5 Å². The Kier molecular flexibility index (Phi) is 6.57. The first-order valence-electron chi connectivity index (χ1n) is 6.89. The van der Waals surface area contributed by atoms with Crippen LogP contribution in [0.5, 0.6) is 0 Å². The van der Waals surface area contributed by atoms with Gasteiger partial charge in [0.25, 0.3) is 5.91 Å². The molecule has 1 atom stereocenters.